The molecule has 132 valence electrons. The highest BCUT2D eigenvalue weighted by atomic mass is 32.2. The minimum atomic E-state index is -3.34. The van der Waals surface area contributed by atoms with E-state index in [0.717, 1.165) is 18.7 Å². The smallest absolute Gasteiger partial charge is 0.230 e. The number of carbonyl (C=O) groups is 1. The Morgan fingerprint density at radius 3 is 2.62 bits per heavy atom. The minimum Gasteiger partial charge on any atom is -0.338 e. The van der Waals surface area contributed by atoms with Crippen molar-refractivity contribution in [3.05, 3.63) is 35.4 Å². The Bertz CT molecular complexity index is 769. The molecule has 0 N–H and O–H groups in total. The summed E-state index contributed by atoms with van der Waals surface area (Å²) in [6, 6.07) is 3.92. The predicted molar refractivity (Wildman–Crippen MR) is 84.5 cm³/mol. The molecule has 2 heterocycles. The summed E-state index contributed by atoms with van der Waals surface area (Å²) in [5, 5.41) is 0. The molecule has 2 fully saturated rings. The maximum absolute atomic E-state index is 13.9. The van der Waals surface area contributed by atoms with Gasteiger partial charge in [0, 0.05) is 31.7 Å². The Labute approximate surface area is 140 Å². The lowest BCUT2D eigenvalue weighted by molar-refractivity contribution is -0.146. The fraction of sp³-hybridized carbons (Fsp3) is 0.562. The summed E-state index contributed by atoms with van der Waals surface area (Å²) < 4.78 is 52.0. The van der Waals surface area contributed by atoms with Crippen LogP contribution in [0.2, 0.25) is 0 Å². The second-order valence-corrected chi connectivity index (χ2v) is 8.65. The van der Waals surface area contributed by atoms with Gasteiger partial charge in [0.15, 0.2) is 11.6 Å². The monoisotopic (exact) mass is 358 g/mol. The molecule has 2 saturated heterocycles. The molecule has 1 spiro atoms. The van der Waals surface area contributed by atoms with E-state index in [1.54, 1.807) is 0 Å². The quantitative estimate of drug-likeness (QED) is 0.827. The zero-order valence-electron chi connectivity index (χ0n) is 13.5. The third-order valence-corrected chi connectivity index (χ3v) is 6.25. The van der Waals surface area contributed by atoms with Crippen molar-refractivity contribution in [2.24, 2.45) is 5.41 Å². The Kier molecular flexibility index (Phi) is 4.37. The molecule has 0 unspecified atom stereocenters. The van der Waals surface area contributed by atoms with Crippen LogP contribution in [-0.2, 0) is 21.4 Å². The number of amides is 1. The van der Waals surface area contributed by atoms with Crippen molar-refractivity contribution >= 4 is 15.9 Å². The number of piperidine rings is 1. The summed E-state index contributed by atoms with van der Waals surface area (Å²) in [7, 11) is -3.34. The van der Waals surface area contributed by atoms with Gasteiger partial charge in [-0.1, -0.05) is 12.1 Å². The molecule has 1 aromatic carbocycles. The molecule has 1 amide bonds. The standard InChI is InChI=1S/C16H20F2N2O3S/c1-24(22,23)20-9-7-16(11-20)6-3-8-19(15(16)21)10-12-4-2-5-13(17)14(12)18/h2,4-5H,3,6-11H2,1H3/t16-/m0/s1. The van der Waals surface area contributed by atoms with E-state index < -0.39 is 27.1 Å². The first-order valence-corrected chi connectivity index (χ1v) is 9.75. The van der Waals surface area contributed by atoms with Gasteiger partial charge in [0.2, 0.25) is 15.9 Å². The van der Waals surface area contributed by atoms with E-state index in [9.17, 15) is 22.0 Å². The lowest BCUT2D eigenvalue weighted by atomic mass is 9.78. The molecule has 5 nitrogen and oxygen atoms in total. The second kappa shape index (κ2) is 6.07. The summed E-state index contributed by atoms with van der Waals surface area (Å²) in [5.74, 6) is -2.03. The molecule has 3 rings (SSSR count). The number of hydrogen-bond donors (Lipinski definition) is 0. The molecule has 24 heavy (non-hydrogen) atoms. The van der Waals surface area contributed by atoms with Crippen molar-refractivity contribution in [1.82, 2.24) is 9.21 Å². The number of rotatable bonds is 3. The Morgan fingerprint density at radius 2 is 1.96 bits per heavy atom. The SMILES string of the molecule is CS(=O)(=O)N1CC[C@@]2(CCCN(Cc3cccc(F)c3F)C2=O)C1. The Balaban J connectivity index is 1.80. The van der Waals surface area contributed by atoms with Gasteiger partial charge in [-0.15, -0.1) is 0 Å². The first kappa shape index (κ1) is 17.3. The highest BCUT2D eigenvalue weighted by Crippen LogP contribution is 2.41. The van der Waals surface area contributed by atoms with Crippen LogP contribution in [0.5, 0.6) is 0 Å². The molecular formula is C16H20F2N2O3S. The van der Waals surface area contributed by atoms with Crippen LogP contribution >= 0.6 is 0 Å². The number of halogens is 2. The van der Waals surface area contributed by atoms with Crippen molar-refractivity contribution in [2.45, 2.75) is 25.8 Å². The largest absolute Gasteiger partial charge is 0.338 e. The van der Waals surface area contributed by atoms with E-state index in [1.807, 2.05) is 0 Å². The van der Waals surface area contributed by atoms with Gasteiger partial charge in [0.05, 0.1) is 11.7 Å². The van der Waals surface area contributed by atoms with Crippen molar-refractivity contribution < 1.29 is 22.0 Å². The highest BCUT2D eigenvalue weighted by Gasteiger charge is 2.50. The van der Waals surface area contributed by atoms with Crippen LogP contribution in [0.1, 0.15) is 24.8 Å². The van der Waals surface area contributed by atoms with E-state index >= 15 is 0 Å². The fourth-order valence-corrected chi connectivity index (χ4v) is 4.58. The molecule has 0 saturated carbocycles. The van der Waals surface area contributed by atoms with Gasteiger partial charge >= 0.3 is 0 Å². The van der Waals surface area contributed by atoms with Crippen LogP contribution in [0.4, 0.5) is 8.78 Å². The molecule has 2 aliphatic rings. The summed E-state index contributed by atoms with van der Waals surface area (Å²) in [4.78, 5) is 14.4. The van der Waals surface area contributed by atoms with Crippen LogP contribution in [0.3, 0.4) is 0 Å². The summed E-state index contributed by atoms with van der Waals surface area (Å²) in [6.07, 6.45) is 2.96. The van der Waals surface area contributed by atoms with E-state index in [2.05, 4.69) is 0 Å². The molecule has 0 radical (unpaired) electrons. The number of hydrogen-bond acceptors (Lipinski definition) is 3. The first-order chi connectivity index (χ1) is 11.2. The zero-order valence-corrected chi connectivity index (χ0v) is 14.3. The van der Waals surface area contributed by atoms with Gasteiger partial charge in [-0.25, -0.2) is 21.5 Å². The fourth-order valence-electron chi connectivity index (χ4n) is 3.68. The summed E-state index contributed by atoms with van der Waals surface area (Å²) in [6.45, 7) is 0.970. The molecule has 8 heteroatoms. The summed E-state index contributed by atoms with van der Waals surface area (Å²) in [5.41, 5.74) is -0.594. The maximum Gasteiger partial charge on any atom is 0.230 e. The van der Waals surface area contributed by atoms with E-state index in [4.69, 9.17) is 0 Å². The van der Waals surface area contributed by atoms with E-state index in [1.165, 1.54) is 21.3 Å². The molecule has 1 aromatic rings. The van der Waals surface area contributed by atoms with Crippen LogP contribution in [0.15, 0.2) is 18.2 Å². The second-order valence-electron chi connectivity index (χ2n) is 6.67. The third kappa shape index (κ3) is 3.04. The number of likely N-dealkylation sites (tertiary alicyclic amines) is 1. The molecule has 0 aromatic heterocycles. The van der Waals surface area contributed by atoms with Crippen molar-refractivity contribution in [3.63, 3.8) is 0 Å². The average molecular weight is 358 g/mol. The molecule has 1 atom stereocenters. The normalized spacial score (nSPS) is 25.6. The zero-order chi connectivity index (χ0) is 17.5. The lowest BCUT2D eigenvalue weighted by Gasteiger charge is -2.39. The van der Waals surface area contributed by atoms with Crippen LogP contribution in [-0.4, -0.2) is 49.4 Å². The number of carbonyl (C=O) groups excluding carboxylic acids is 1. The van der Waals surface area contributed by atoms with Crippen molar-refractivity contribution in [1.29, 1.82) is 0 Å². The van der Waals surface area contributed by atoms with Gasteiger partial charge < -0.3 is 4.90 Å². The number of nitrogens with zero attached hydrogens (tertiary/aromatic N) is 2. The average Bonchev–Trinajstić information content (AvgIpc) is 2.94. The van der Waals surface area contributed by atoms with Gasteiger partial charge in [-0.2, -0.15) is 0 Å². The minimum absolute atomic E-state index is 0.00303. The van der Waals surface area contributed by atoms with Gasteiger partial charge in [0.1, 0.15) is 0 Å². The predicted octanol–water partition coefficient (Wildman–Crippen LogP) is 1.74. The molecule has 2 aliphatic heterocycles. The highest BCUT2D eigenvalue weighted by molar-refractivity contribution is 7.88. The molecule has 0 bridgehead atoms. The maximum atomic E-state index is 13.9. The first-order valence-electron chi connectivity index (χ1n) is 7.90. The van der Waals surface area contributed by atoms with Crippen LogP contribution in [0.25, 0.3) is 0 Å². The Morgan fingerprint density at radius 1 is 1.21 bits per heavy atom. The van der Waals surface area contributed by atoms with Crippen molar-refractivity contribution in [3.8, 4) is 0 Å². The van der Waals surface area contributed by atoms with Crippen molar-refractivity contribution in [2.75, 3.05) is 25.9 Å². The van der Waals surface area contributed by atoms with E-state index in [0.29, 0.717) is 25.9 Å². The van der Waals surface area contributed by atoms with Gasteiger partial charge in [0.25, 0.3) is 0 Å². The molecular weight excluding hydrogens is 338 g/mol. The Hall–Kier alpha value is -1.54. The molecule has 0 aliphatic carbocycles. The third-order valence-electron chi connectivity index (χ3n) is 5.00. The summed E-state index contributed by atoms with van der Waals surface area (Å²) >= 11 is 0. The number of benzene rings is 1. The lowest BCUT2D eigenvalue weighted by Crippen LogP contribution is -2.50. The van der Waals surface area contributed by atoms with Gasteiger partial charge in [-0.05, 0) is 25.3 Å². The van der Waals surface area contributed by atoms with Crippen LogP contribution in [0, 0.1) is 17.0 Å². The van der Waals surface area contributed by atoms with Crippen LogP contribution < -0.4 is 0 Å². The number of sulfonamides is 1. The van der Waals surface area contributed by atoms with Gasteiger partial charge in [-0.3, -0.25) is 4.79 Å². The topological polar surface area (TPSA) is 57.7 Å². The van der Waals surface area contributed by atoms with E-state index in [-0.39, 0.29) is 24.6 Å².